The lowest BCUT2D eigenvalue weighted by molar-refractivity contribution is -0.131. The number of aliphatic hydroxyl groups excluding tert-OH is 1. The van der Waals surface area contributed by atoms with Crippen LogP contribution >= 0.6 is 0 Å². The van der Waals surface area contributed by atoms with E-state index in [1.165, 1.54) is 0 Å². The van der Waals surface area contributed by atoms with Crippen molar-refractivity contribution in [3.8, 4) is 0 Å². The van der Waals surface area contributed by atoms with Crippen LogP contribution in [0.25, 0.3) is 0 Å². The molecule has 1 heterocycles. The number of hydrogen-bond acceptors (Lipinski definition) is 3. The van der Waals surface area contributed by atoms with Gasteiger partial charge >= 0.3 is 0 Å². The van der Waals surface area contributed by atoms with Crippen LogP contribution in [0.15, 0.2) is 12.3 Å². The lowest BCUT2D eigenvalue weighted by Crippen LogP contribution is -2.47. The van der Waals surface area contributed by atoms with Gasteiger partial charge < -0.3 is 14.9 Å². The average molecular weight is 170 g/mol. The van der Waals surface area contributed by atoms with Crippen molar-refractivity contribution in [3.63, 3.8) is 0 Å². The summed E-state index contributed by atoms with van der Waals surface area (Å²) in [5, 5.41) is 8.84. The van der Waals surface area contributed by atoms with Crippen molar-refractivity contribution in [2.45, 2.75) is 0 Å². The zero-order valence-corrected chi connectivity index (χ0v) is 7.29. The van der Waals surface area contributed by atoms with Crippen LogP contribution in [0.2, 0.25) is 0 Å². The van der Waals surface area contributed by atoms with Crippen molar-refractivity contribution in [3.05, 3.63) is 12.3 Å². The molecule has 0 aliphatic carbocycles. The van der Waals surface area contributed by atoms with E-state index >= 15 is 0 Å². The number of aliphatic hydroxyl groups is 1. The Labute approximate surface area is 72.1 Å². The Morgan fingerprint density at radius 2 is 1.83 bits per heavy atom. The summed E-state index contributed by atoms with van der Waals surface area (Å²) in [6, 6.07) is 0. The van der Waals surface area contributed by atoms with Gasteiger partial charge in [0, 0.05) is 26.2 Å². The van der Waals surface area contributed by atoms with Crippen molar-refractivity contribution in [2.75, 3.05) is 33.2 Å². The minimum absolute atomic E-state index is 0.344. The Bertz CT molecular complexity index is 195. The largest absolute Gasteiger partial charge is 0.503 e. The molecule has 0 aromatic rings. The van der Waals surface area contributed by atoms with Gasteiger partial charge in [-0.05, 0) is 7.05 Å². The van der Waals surface area contributed by atoms with Crippen LogP contribution in [0.5, 0.6) is 0 Å². The van der Waals surface area contributed by atoms with Gasteiger partial charge in [-0.3, -0.25) is 4.79 Å². The number of carbonyl (C=O) groups is 1. The van der Waals surface area contributed by atoms with Gasteiger partial charge in [-0.15, -0.1) is 0 Å². The zero-order chi connectivity index (χ0) is 9.14. The SMILES string of the molecule is C=C(O)C(=O)N1CCN(C)CC1. The second-order valence-electron chi connectivity index (χ2n) is 3.04. The summed E-state index contributed by atoms with van der Waals surface area (Å²) in [7, 11) is 2.01. The van der Waals surface area contributed by atoms with Crippen LogP contribution < -0.4 is 0 Å². The standard InChI is InChI=1S/C8H14N2O2/c1-7(11)8(12)10-5-3-9(2)4-6-10/h11H,1,3-6H2,2H3. The van der Waals surface area contributed by atoms with Gasteiger partial charge in [0.25, 0.3) is 5.91 Å². The fraction of sp³-hybridized carbons (Fsp3) is 0.625. The maximum absolute atomic E-state index is 11.2. The number of amides is 1. The first-order chi connectivity index (χ1) is 5.61. The molecule has 0 bridgehead atoms. The second-order valence-corrected chi connectivity index (χ2v) is 3.04. The summed E-state index contributed by atoms with van der Waals surface area (Å²) in [6.45, 7) is 6.27. The molecule has 0 aromatic heterocycles. The van der Waals surface area contributed by atoms with Crippen LogP contribution in [0.1, 0.15) is 0 Å². The highest BCUT2D eigenvalue weighted by atomic mass is 16.3. The van der Waals surface area contributed by atoms with Gasteiger partial charge in [0.1, 0.15) is 0 Å². The van der Waals surface area contributed by atoms with Crippen molar-refractivity contribution < 1.29 is 9.90 Å². The molecule has 0 saturated carbocycles. The van der Waals surface area contributed by atoms with Crippen LogP contribution in [-0.2, 0) is 4.79 Å². The van der Waals surface area contributed by atoms with Crippen molar-refractivity contribution in [1.29, 1.82) is 0 Å². The van der Waals surface area contributed by atoms with Gasteiger partial charge in [-0.2, -0.15) is 0 Å². The number of nitrogens with zero attached hydrogens (tertiary/aromatic N) is 2. The highest BCUT2D eigenvalue weighted by Crippen LogP contribution is 2.02. The first-order valence-corrected chi connectivity index (χ1v) is 3.97. The van der Waals surface area contributed by atoms with Crippen LogP contribution in [0, 0.1) is 0 Å². The smallest absolute Gasteiger partial charge is 0.288 e. The number of carbonyl (C=O) groups excluding carboxylic acids is 1. The normalized spacial score (nSPS) is 19.2. The van der Waals surface area contributed by atoms with Crippen molar-refractivity contribution in [1.82, 2.24) is 9.80 Å². The topological polar surface area (TPSA) is 43.8 Å². The molecule has 4 heteroatoms. The van der Waals surface area contributed by atoms with E-state index in [-0.39, 0.29) is 11.7 Å². The summed E-state index contributed by atoms with van der Waals surface area (Å²) in [5.74, 6) is -0.706. The third kappa shape index (κ3) is 1.98. The van der Waals surface area contributed by atoms with Crippen LogP contribution in [-0.4, -0.2) is 54.0 Å². The molecule has 1 aliphatic rings. The maximum atomic E-state index is 11.2. The molecule has 1 N–H and O–H groups in total. The van der Waals surface area contributed by atoms with E-state index < -0.39 is 0 Å². The summed E-state index contributed by atoms with van der Waals surface area (Å²) in [6.07, 6.45) is 0. The Kier molecular flexibility index (Phi) is 2.70. The lowest BCUT2D eigenvalue weighted by atomic mass is 10.3. The van der Waals surface area contributed by atoms with E-state index in [9.17, 15) is 4.79 Å². The zero-order valence-electron chi connectivity index (χ0n) is 7.29. The minimum Gasteiger partial charge on any atom is -0.503 e. The first kappa shape index (κ1) is 9.06. The number of rotatable bonds is 1. The van der Waals surface area contributed by atoms with Gasteiger partial charge in [0.05, 0.1) is 0 Å². The summed E-state index contributed by atoms with van der Waals surface area (Å²) >= 11 is 0. The Morgan fingerprint density at radius 3 is 2.25 bits per heavy atom. The van der Waals surface area contributed by atoms with E-state index in [0.717, 1.165) is 13.1 Å². The lowest BCUT2D eigenvalue weighted by Gasteiger charge is -2.31. The van der Waals surface area contributed by atoms with E-state index in [1.807, 2.05) is 7.05 Å². The quantitative estimate of drug-likeness (QED) is 0.439. The highest BCUT2D eigenvalue weighted by Gasteiger charge is 2.20. The fourth-order valence-corrected chi connectivity index (χ4v) is 1.19. The molecule has 12 heavy (non-hydrogen) atoms. The molecule has 0 spiro atoms. The molecule has 0 aromatic carbocycles. The van der Waals surface area contributed by atoms with Crippen molar-refractivity contribution >= 4 is 5.91 Å². The molecule has 4 nitrogen and oxygen atoms in total. The predicted molar refractivity (Wildman–Crippen MR) is 45.8 cm³/mol. The average Bonchev–Trinajstić information content (AvgIpc) is 2.04. The molecule has 1 amide bonds. The fourth-order valence-electron chi connectivity index (χ4n) is 1.19. The van der Waals surface area contributed by atoms with Gasteiger partial charge in [-0.25, -0.2) is 0 Å². The van der Waals surface area contributed by atoms with Gasteiger partial charge in [0.15, 0.2) is 5.76 Å². The van der Waals surface area contributed by atoms with Gasteiger partial charge in [-0.1, -0.05) is 6.58 Å². The van der Waals surface area contributed by atoms with E-state index in [4.69, 9.17) is 5.11 Å². The van der Waals surface area contributed by atoms with Crippen LogP contribution in [0.4, 0.5) is 0 Å². The third-order valence-corrected chi connectivity index (χ3v) is 2.04. The molecule has 0 unspecified atom stereocenters. The van der Waals surface area contributed by atoms with Crippen molar-refractivity contribution in [2.24, 2.45) is 0 Å². The first-order valence-electron chi connectivity index (χ1n) is 3.97. The summed E-state index contributed by atoms with van der Waals surface area (Å²) in [5.41, 5.74) is 0. The monoisotopic (exact) mass is 170 g/mol. The van der Waals surface area contributed by atoms with Crippen LogP contribution in [0.3, 0.4) is 0 Å². The molecule has 1 rings (SSSR count). The Hall–Kier alpha value is -1.03. The molecule has 0 radical (unpaired) electrons. The summed E-state index contributed by atoms with van der Waals surface area (Å²) in [4.78, 5) is 14.9. The van der Waals surface area contributed by atoms with E-state index in [1.54, 1.807) is 4.90 Å². The molecule has 68 valence electrons. The molecule has 1 saturated heterocycles. The number of hydrogen-bond donors (Lipinski definition) is 1. The van der Waals surface area contributed by atoms with E-state index in [0.29, 0.717) is 13.1 Å². The molecule has 0 atom stereocenters. The second kappa shape index (κ2) is 3.58. The Balaban J connectivity index is 2.44. The Morgan fingerprint density at radius 1 is 1.33 bits per heavy atom. The third-order valence-electron chi connectivity index (χ3n) is 2.04. The van der Waals surface area contributed by atoms with Gasteiger partial charge in [0.2, 0.25) is 0 Å². The summed E-state index contributed by atoms with van der Waals surface area (Å²) < 4.78 is 0. The molecular weight excluding hydrogens is 156 g/mol. The molecular formula is C8H14N2O2. The molecule has 1 fully saturated rings. The minimum atomic E-state index is -0.362. The predicted octanol–water partition coefficient (Wildman–Crippen LogP) is -0.168. The number of piperazine rings is 1. The highest BCUT2D eigenvalue weighted by molar-refractivity contribution is 5.90. The maximum Gasteiger partial charge on any atom is 0.288 e. The number of likely N-dealkylation sites (N-methyl/N-ethyl adjacent to an activating group) is 1. The molecule has 1 aliphatic heterocycles. The van der Waals surface area contributed by atoms with E-state index in [2.05, 4.69) is 11.5 Å².